The van der Waals surface area contributed by atoms with Gasteiger partial charge >= 0.3 is 5.97 Å². The van der Waals surface area contributed by atoms with Crippen molar-refractivity contribution in [1.82, 2.24) is 14.7 Å². The summed E-state index contributed by atoms with van der Waals surface area (Å²) in [5.74, 6) is -0.108. The van der Waals surface area contributed by atoms with Gasteiger partial charge in [-0.2, -0.15) is 0 Å². The summed E-state index contributed by atoms with van der Waals surface area (Å²) in [6, 6.07) is 14.8. The van der Waals surface area contributed by atoms with Crippen LogP contribution in [0.2, 0.25) is 0 Å². The Kier molecular flexibility index (Phi) is 7.04. The molecular formula is C29H37N3O4. The van der Waals surface area contributed by atoms with Crippen molar-refractivity contribution in [1.29, 1.82) is 0 Å². The summed E-state index contributed by atoms with van der Waals surface area (Å²) < 4.78 is 0. The van der Waals surface area contributed by atoms with E-state index >= 15 is 0 Å². The molecule has 2 saturated heterocycles. The first-order valence-corrected chi connectivity index (χ1v) is 13.2. The molecule has 192 valence electrons. The average Bonchev–Trinajstić information content (AvgIpc) is 3.53. The van der Waals surface area contributed by atoms with E-state index in [1.165, 1.54) is 24.3 Å². The maximum atomic E-state index is 13.4. The molecule has 2 aromatic carbocycles. The van der Waals surface area contributed by atoms with E-state index in [1.807, 2.05) is 36.4 Å². The van der Waals surface area contributed by atoms with Gasteiger partial charge in [-0.25, -0.2) is 4.79 Å². The van der Waals surface area contributed by atoms with Crippen molar-refractivity contribution in [2.24, 2.45) is 5.92 Å². The highest BCUT2D eigenvalue weighted by Crippen LogP contribution is 2.37. The third-order valence-electron chi connectivity index (χ3n) is 8.12. The van der Waals surface area contributed by atoms with E-state index in [0.29, 0.717) is 37.0 Å². The Morgan fingerprint density at radius 3 is 2.39 bits per heavy atom. The van der Waals surface area contributed by atoms with Crippen LogP contribution in [0.1, 0.15) is 67.1 Å². The minimum absolute atomic E-state index is 0.126. The zero-order valence-corrected chi connectivity index (χ0v) is 21.2. The smallest absolute Gasteiger partial charge is 0.326 e. The zero-order valence-electron chi connectivity index (χ0n) is 21.2. The van der Waals surface area contributed by atoms with Crippen molar-refractivity contribution in [2.45, 2.75) is 63.7 Å². The summed E-state index contributed by atoms with van der Waals surface area (Å²) in [6.45, 7) is 8.06. The SMILES string of the molecule is C[C@@H]1CN(C(c2cccc(O)c2)c2cccc(C(=O)N3CCCC3C(=O)O)c2)[C@H](C)CN1CC1CC1. The molecule has 3 fully saturated rings. The second-order valence-electron chi connectivity index (χ2n) is 10.9. The number of likely N-dealkylation sites (tertiary alicyclic amines) is 1. The third kappa shape index (κ3) is 5.13. The highest BCUT2D eigenvalue weighted by Gasteiger charge is 2.38. The van der Waals surface area contributed by atoms with Gasteiger partial charge < -0.3 is 15.1 Å². The van der Waals surface area contributed by atoms with E-state index in [0.717, 1.165) is 30.1 Å². The van der Waals surface area contributed by atoms with Crippen LogP contribution in [0.3, 0.4) is 0 Å². The predicted octanol–water partition coefficient (Wildman–Crippen LogP) is 3.98. The number of hydrogen-bond donors (Lipinski definition) is 2. The summed E-state index contributed by atoms with van der Waals surface area (Å²) in [7, 11) is 0. The standard InChI is InChI=1S/C29H37N3O4/c1-19-17-32(20(2)16-30(19)18-21-11-12-21)27(23-7-4-9-25(33)15-23)22-6-3-8-24(14-22)28(34)31-13-5-10-26(31)29(35)36/h3-4,6-9,14-15,19-21,26-27,33H,5,10-13,16-18H2,1-2H3,(H,35,36)/t19-,20-,26?,27?/m1/s1. The van der Waals surface area contributed by atoms with E-state index in [4.69, 9.17) is 0 Å². The number of aliphatic carboxylic acids is 1. The summed E-state index contributed by atoms with van der Waals surface area (Å²) in [4.78, 5) is 31.6. The first kappa shape index (κ1) is 24.8. The molecule has 4 atom stereocenters. The maximum absolute atomic E-state index is 13.4. The van der Waals surface area contributed by atoms with Gasteiger partial charge in [-0.1, -0.05) is 24.3 Å². The van der Waals surface area contributed by atoms with Crippen LogP contribution in [0.4, 0.5) is 0 Å². The van der Waals surface area contributed by atoms with Gasteiger partial charge in [0.25, 0.3) is 5.91 Å². The van der Waals surface area contributed by atoms with Gasteiger partial charge in [-0.3, -0.25) is 14.6 Å². The number of amides is 1. The highest BCUT2D eigenvalue weighted by molar-refractivity contribution is 5.97. The monoisotopic (exact) mass is 491 g/mol. The van der Waals surface area contributed by atoms with Crippen LogP contribution in [-0.2, 0) is 4.79 Å². The lowest BCUT2D eigenvalue weighted by molar-refractivity contribution is -0.141. The number of carboxylic acids is 1. The quantitative estimate of drug-likeness (QED) is 0.610. The Bertz CT molecular complexity index is 1120. The Morgan fingerprint density at radius 2 is 1.69 bits per heavy atom. The predicted molar refractivity (Wildman–Crippen MR) is 138 cm³/mol. The molecule has 0 spiro atoms. The van der Waals surface area contributed by atoms with Crippen molar-refractivity contribution in [3.05, 3.63) is 65.2 Å². The van der Waals surface area contributed by atoms with Crippen LogP contribution in [-0.4, -0.2) is 81.1 Å². The van der Waals surface area contributed by atoms with Crippen LogP contribution in [0, 0.1) is 5.92 Å². The van der Waals surface area contributed by atoms with Gasteiger partial charge in [0.05, 0.1) is 6.04 Å². The maximum Gasteiger partial charge on any atom is 0.326 e. The number of piperazine rings is 1. The van der Waals surface area contributed by atoms with Gasteiger partial charge in [0.1, 0.15) is 11.8 Å². The molecule has 7 nitrogen and oxygen atoms in total. The Labute approximate surface area is 213 Å². The van der Waals surface area contributed by atoms with Crippen molar-refractivity contribution in [3.63, 3.8) is 0 Å². The molecule has 2 unspecified atom stereocenters. The Hall–Kier alpha value is -2.90. The minimum atomic E-state index is -0.943. The fraction of sp³-hybridized carbons (Fsp3) is 0.517. The second kappa shape index (κ2) is 10.2. The lowest BCUT2D eigenvalue weighted by Crippen LogP contribution is -2.57. The summed E-state index contributed by atoms with van der Waals surface area (Å²) in [5.41, 5.74) is 2.48. The third-order valence-corrected chi connectivity index (χ3v) is 8.12. The van der Waals surface area contributed by atoms with E-state index in [1.54, 1.807) is 12.1 Å². The van der Waals surface area contributed by atoms with Gasteiger partial charge in [-0.15, -0.1) is 0 Å². The van der Waals surface area contributed by atoms with Crippen molar-refractivity contribution in [2.75, 3.05) is 26.2 Å². The van der Waals surface area contributed by atoms with Crippen LogP contribution in [0.5, 0.6) is 5.75 Å². The molecule has 36 heavy (non-hydrogen) atoms. The summed E-state index contributed by atoms with van der Waals surface area (Å²) in [5, 5.41) is 19.9. The number of aromatic hydroxyl groups is 1. The van der Waals surface area contributed by atoms with E-state index < -0.39 is 12.0 Å². The lowest BCUT2D eigenvalue weighted by Gasteiger charge is -2.48. The fourth-order valence-corrected chi connectivity index (χ4v) is 6.02. The number of rotatable bonds is 7. The molecule has 2 aliphatic heterocycles. The minimum Gasteiger partial charge on any atom is -0.508 e. The molecule has 1 saturated carbocycles. The molecule has 5 rings (SSSR count). The molecule has 1 aliphatic carbocycles. The van der Waals surface area contributed by atoms with Gasteiger partial charge in [-0.05, 0) is 80.8 Å². The Morgan fingerprint density at radius 1 is 0.972 bits per heavy atom. The first-order valence-electron chi connectivity index (χ1n) is 13.2. The number of phenolic OH excluding ortho intramolecular Hbond substituents is 1. The van der Waals surface area contributed by atoms with Crippen LogP contribution >= 0.6 is 0 Å². The molecule has 7 heteroatoms. The number of nitrogens with zero attached hydrogens (tertiary/aromatic N) is 3. The summed E-state index contributed by atoms with van der Waals surface area (Å²) in [6.07, 6.45) is 3.88. The fourth-order valence-electron chi connectivity index (χ4n) is 6.02. The molecule has 0 bridgehead atoms. The van der Waals surface area contributed by atoms with Crippen molar-refractivity contribution in [3.8, 4) is 5.75 Å². The number of benzene rings is 2. The van der Waals surface area contributed by atoms with Gasteiger partial charge in [0.2, 0.25) is 0 Å². The largest absolute Gasteiger partial charge is 0.508 e. The van der Waals surface area contributed by atoms with Crippen molar-refractivity contribution >= 4 is 11.9 Å². The normalized spacial score (nSPS) is 26.2. The van der Waals surface area contributed by atoms with Gasteiger partial charge in [0, 0.05) is 43.8 Å². The molecule has 3 aliphatic rings. The number of phenols is 1. The molecule has 0 radical (unpaired) electrons. The van der Waals surface area contributed by atoms with E-state index in [2.05, 4.69) is 23.6 Å². The molecule has 2 heterocycles. The van der Waals surface area contributed by atoms with Crippen LogP contribution in [0.15, 0.2) is 48.5 Å². The Balaban J connectivity index is 1.47. The number of carbonyl (C=O) groups excluding carboxylic acids is 1. The first-order chi connectivity index (χ1) is 17.3. The van der Waals surface area contributed by atoms with E-state index in [9.17, 15) is 19.8 Å². The number of hydrogen-bond acceptors (Lipinski definition) is 5. The second-order valence-corrected chi connectivity index (χ2v) is 10.9. The van der Waals surface area contributed by atoms with Crippen molar-refractivity contribution < 1.29 is 19.8 Å². The van der Waals surface area contributed by atoms with E-state index in [-0.39, 0.29) is 17.7 Å². The van der Waals surface area contributed by atoms with Crippen LogP contribution < -0.4 is 0 Å². The molecule has 2 aromatic rings. The lowest BCUT2D eigenvalue weighted by atomic mass is 9.92. The molecule has 0 aromatic heterocycles. The highest BCUT2D eigenvalue weighted by atomic mass is 16.4. The molecule has 1 amide bonds. The zero-order chi connectivity index (χ0) is 25.4. The van der Waals surface area contributed by atoms with Gasteiger partial charge in [0.15, 0.2) is 0 Å². The summed E-state index contributed by atoms with van der Waals surface area (Å²) >= 11 is 0. The topological polar surface area (TPSA) is 84.3 Å². The molecular weight excluding hydrogens is 454 g/mol. The number of carboxylic acid groups (broad SMARTS) is 1. The van der Waals surface area contributed by atoms with Crippen LogP contribution in [0.25, 0.3) is 0 Å². The molecule has 2 N–H and O–H groups in total. The average molecular weight is 492 g/mol. The number of carbonyl (C=O) groups is 2.